The van der Waals surface area contributed by atoms with Gasteiger partial charge in [-0.3, -0.25) is 14.9 Å². The van der Waals surface area contributed by atoms with Crippen molar-refractivity contribution in [1.29, 1.82) is 0 Å². The molecule has 0 saturated carbocycles. The van der Waals surface area contributed by atoms with Crippen LogP contribution in [-0.2, 0) is 4.79 Å². The van der Waals surface area contributed by atoms with E-state index >= 15 is 0 Å². The summed E-state index contributed by atoms with van der Waals surface area (Å²) in [7, 11) is 0. The van der Waals surface area contributed by atoms with E-state index in [9.17, 15) is 24.1 Å². The molecule has 0 aromatic heterocycles. The molecule has 3 amide bonds. The molecule has 1 aliphatic rings. The summed E-state index contributed by atoms with van der Waals surface area (Å²) in [6, 6.07) is 10.0. The molecule has 0 spiro atoms. The van der Waals surface area contributed by atoms with Gasteiger partial charge in [0.2, 0.25) is 5.91 Å². The van der Waals surface area contributed by atoms with Gasteiger partial charge in [-0.2, -0.15) is 0 Å². The van der Waals surface area contributed by atoms with Crippen LogP contribution in [0.1, 0.15) is 6.42 Å². The first-order valence-corrected chi connectivity index (χ1v) is 7.80. The quantitative estimate of drug-likeness (QED) is 0.647. The monoisotopic (exact) mass is 358 g/mol. The van der Waals surface area contributed by atoms with Gasteiger partial charge in [-0.05, 0) is 36.4 Å². The fraction of sp³-hybridized carbons (Fsp3) is 0.176. The zero-order chi connectivity index (χ0) is 18.7. The number of nitrogens with zero attached hydrogens (tertiary/aromatic N) is 2. The van der Waals surface area contributed by atoms with Gasteiger partial charge in [0.1, 0.15) is 5.82 Å². The van der Waals surface area contributed by atoms with Crippen LogP contribution in [0.3, 0.4) is 0 Å². The average molecular weight is 358 g/mol. The number of carbonyl (C=O) groups excluding carboxylic acids is 2. The summed E-state index contributed by atoms with van der Waals surface area (Å²) >= 11 is 0. The zero-order valence-electron chi connectivity index (χ0n) is 13.5. The van der Waals surface area contributed by atoms with Gasteiger partial charge >= 0.3 is 6.03 Å². The van der Waals surface area contributed by atoms with E-state index in [0.29, 0.717) is 11.4 Å². The third kappa shape index (κ3) is 3.94. The van der Waals surface area contributed by atoms with Crippen LogP contribution in [0.4, 0.5) is 26.2 Å². The van der Waals surface area contributed by atoms with Gasteiger partial charge in [0.05, 0.1) is 11.0 Å². The number of anilines is 2. The number of non-ortho nitro benzene ring substituents is 1. The van der Waals surface area contributed by atoms with Crippen molar-refractivity contribution in [1.82, 2.24) is 5.32 Å². The van der Waals surface area contributed by atoms with Gasteiger partial charge < -0.3 is 15.5 Å². The predicted octanol–water partition coefficient (Wildman–Crippen LogP) is 2.66. The summed E-state index contributed by atoms with van der Waals surface area (Å²) in [6.45, 7) is 0.276. The second-order valence-electron chi connectivity index (χ2n) is 5.78. The third-order valence-corrected chi connectivity index (χ3v) is 3.93. The minimum atomic E-state index is -0.530. The summed E-state index contributed by atoms with van der Waals surface area (Å²) in [5.41, 5.74) is 0.886. The molecule has 1 heterocycles. The Labute approximate surface area is 147 Å². The van der Waals surface area contributed by atoms with Crippen LogP contribution < -0.4 is 15.5 Å². The number of hydrogen-bond donors (Lipinski definition) is 2. The fourth-order valence-corrected chi connectivity index (χ4v) is 2.69. The molecular weight excluding hydrogens is 343 g/mol. The Morgan fingerprint density at radius 1 is 1.15 bits per heavy atom. The number of benzene rings is 2. The minimum Gasteiger partial charge on any atom is -0.333 e. The van der Waals surface area contributed by atoms with Gasteiger partial charge in [0, 0.05) is 36.5 Å². The molecule has 2 N–H and O–H groups in total. The van der Waals surface area contributed by atoms with Crippen molar-refractivity contribution in [3.63, 3.8) is 0 Å². The molecule has 134 valence electrons. The molecule has 1 atom stereocenters. The zero-order valence-corrected chi connectivity index (χ0v) is 13.5. The molecule has 26 heavy (non-hydrogen) atoms. The first-order chi connectivity index (χ1) is 12.4. The first-order valence-electron chi connectivity index (χ1n) is 7.80. The van der Waals surface area contributed by atoms with Crippen LogP contribution in [0.15, 0.2) is 48.5 Å². The Morgan fingerprint density at radius 3 is 2.42 bits per heavy atom. The van der Waals surface area contributed by atoms with Crippen molar-refractivity contribution in [2.45, 2.75) is 12.5 Å². The van der Waals surface area contributed by atoms with Crippen LogP contribution in [0.5, 0.6) is 0 Å². The molecule has 0 bridgehead atoms. The Balaban J connectivity index is 1.57. The van der Waals surface area contributed by atoms with Crippen molar-refractivity contribution in [3.8, 4) is 0 Å². The maximum absolute atomic E-state index is 13.0. The Bertz CT molecular complexity index is 839. The number of amides is 3. The molecule has 9 heteroatoms. The maximum atomic E-state index is 13.0. The molecule has 0 radical (unpaired) electrons. The van der Waals surface area contributed by atoms with Crippen molar-refractivity contribution in [3.05, 3.63) is 64.5 Å². The lowest BCUT2D eigenvalue weighted by Crippen LogP contribution is -2.39. The first kappa shape index (κ1) is 17.3. The Morgan fingerprint density at radius 2 is 1.81 bits per heavy atom. The van der Waals surface area contributed by atoms with E-state index < -0.39 is 22.8 Å². The molecular formula is C17H15FN4O4. The summed E-state index contributed by atoms with van der Waals surface area (Å²) in [6.07, 6.45) is 0.130. The lowest BCUT2D eigenvalue weighted by molar-refractivity contribution is -0.384. The molecule has 1 unspecified atom stereocenters. The van der Waals surface area contributed by atoms with Gasteiger partial charge in [0.25, 0.3) is 5.69 Å². The fourth-order valence-electron chi connectivity index (χ4n) is 2.69. The maximum Gasteiger partial charge on any atom is 0.319 e. The van der Waals surface area contributed by atoms with E-state index in [1.807, 2.05) is 0 Å². The molecule has 2 aromatic rings. The summed E-state index contributed by atoms with van der Waals surface area (Å²) in [4.78, 5) is 35.7. The highest BCUT2D eigenvalue weighted by molar-refractivity contribution is 5.97. The van der Waals surface area contributed by atoms with Crippen molar-refractivity contribution in [2.75, 3.05) is 16.8 Å². The largest absolute Gasteiger partial charge is 0.333 e. The van der Waals surface area contributed by atoms with E-state index in [-0.39, 0.29) is 24.6 Å². The van der Waals surface area contributed by atoms with E-state index in [2.05, 4.69) is 10.6 Å². The Hall–Kier alpha value is -3.49. The average Bonchev–Trinajstić information content (AvgIpc) is 2.96. The van der Waals surface area contributed by atoms with E-state index in [1.165, 1.54) is 53.4 Å². The second-order valence-corrected chi connectivity index (χ2v) is 5.78. The summed E-state index contributed by atoms with van der Waals surface area (Å²) in [5.74, 6) is -0.560. The van der Waals surface area contributed by atoms with Crippen LogP contribution in [0.2, 0.25) is 0 Å². The van der Waals surface area contributed by atoms with Gasteiger partial charge in [0.15, 0.2) is 0 Å². The number of nitro groups is 1. The molecule has 1 saturated heterocycles. The topological polar surface area (TPSA) is 105 Å². The molecule has 2 aromatic carbocycles. The number of rotatable bonds is 4. The smallest absolute Gasteiger partial charge is 0.319 e. The molecule has 0 aliphatic carbocycles. The normalized spacial score (nSPS) is 16.4. The lowest BCUT2D eigenvalue weighted by atomic mass is 10.2. The number of urea groups is 1. The van der Waals surface area contributed by atoms with Crippen molar-refractivity contribution >= 4 is 29.0 Å². The van der Waals surface area contributed by atoms with Gasteiger partial charge in [-0.1, -0.05) is 0 Å². The molecule has 3 rings (SSSR count). The Kier molecular flexibility index (Phi) is 4.78. The summed E-state index contributed by atoms with van der Waals surface area (Å²) in [5, 5.41) is 15.9. The number of halogens is 1. The highest BCUT2D eigenvalue weighted by Crippen LogP contribution is 2.22. The van der Waals surface area contributed by atoms with Crippen LogP contribution in [-0.4, -0.2) is 29.4 Å². The number of hydrogen-bond acceptors (Lipinski definition) is 4. The molecule has 1 aliphatic heterocycles. The van der Waals surface area contributed by atoms with Crippen LogP contribution in [0, 0.1) is 15.9 Å². The van der Waals surface area contributed by atoms with E-state index in [1.54, 1.807) is 0 Å². The van der Waals surface area contributed by atoms with E-state index in [0.717, 1.165) is 0 Å². The highest BCUT2D eigenvalue weighted by Gasteiger charge is 2.31. The van der Waals surface area contributed by atoms with Crippen molar-refractivity contribution < 1.29 is 18.9 Å². The van der Waals surface area contributed by atoms with Gasteiger partial charge in [-0.25, -0.2) is 9.18 Å². The van der Waals surface area contributed by atoms with E-state index in [4.69, 9.17) is 0 Å². The summed E-state index contributed by atoms with van der Waals surface area (Å²) < 4.78 is 13.0. The van der Waals surface area contributed by atoms with Gasteiger partial charge in [-0.15, -0.1) is 0 Å². The molecule has 1 fully saturated rings. The number of carbonyl (C=O) groups is 2. The van der Waals surface area contributed by atoms with Crippen molar-refractivity contribution in [2.24, 2.45) is 0 Å². The van der Waals surface area contributed by atoms with Crippen LogP contribution >= 0.6 is 0 Å². The number of nitro benzene ring substituents is 1. The number of nitrogens with one attached hydrogen (secondary N) is 2. The third-order valence-electron chi connectivity index (χ3n) is 3.93. The predicted molar refractivity (Wildman–Crippen MR) is 92.4 cm³/mol. The minimum absolute atomic E-state index is 0.0766. The second kappa shape index (κ2) is 7.18. The molecule has 8 nitrogen and oxygen atoms in total. The van der Waals surface area contributed by atoms with Crippen LogP contribution in [0.25, 0.3) is 0 Å². The highest BCUT2D eigenvalue weighted by atomic mass is 19.1. The standard InChI is InChI=1S/C17H15FN4O4/c18-11-1-5-14(6-2-11)21-10-13(9-16(21)23)20-17(24)19-12-3-7-15(8-4-12)22(25)26/h1-8,13H,9-10H2,(H2,19,20,24). The SMILES string of the molecule is O=C(Nc1ccc([N+](=O)[O-])cc1)NC1CC(=O)N(c2ccc(F)cc2)C1. The lowest BCUT2D eigenvalue weighted by Gasteiger charge is -2.17.